The summed E-state index contributed by atoms with van der Waals surface area (Å²) in [6.45, 7) is 7.64. The molecule has 0 aromatic carbocycles. The molecule has 1 aliphatic rings. The molecule has 1 aromatic heterocycles. The molecule has 1 fully saturated rings. The second kappa shape index (κ2) is 5.34. The van der Waals surface area contributed by atoms with Gasteiger partial charge >= 0.3 is 0 Å². The second-order valence-corrected chi connectivity index (χ2v) is 5.77. The summed E-state index contributed by atoms with van der Waals surface area (Å²) in [5.74, 6) is 2.38. The summed E-state index contributed by atoms with van der Waals surface area (Å²) in [5, 5.41) is 0. The first-order chi connectivity index (χ1) is 8.11. The average Bonchev–Trinajstić information content (AvgIpc) is 2.76. The minimum Gasteiger partial charge on any atom is -0.354 e. The highest BCUT2D eigenvalue weighted by atomic mass is 79.9. The Bertz CT molecular complexity index is 392. The molecule has 0 amide bonds. The zero-order chi connectivity index (χ0) is 12.4. The summed E-state index contributed by atoms with van der Waals surface area (Å²) >= 11 is 3.49. The van der Waals surface area contributed by atoms with E-state index in [1.807, 2.05) is 6.07 Å². The van der Waals surface area contributed by atoms with Crippen LogP contribution in [0.15, 0.2) is 10.7 Å². The van der Waals surface area contributed by atoms with Crippen LogP contribution in [0.3, 0.4) is 0 Å². The fourth-order valence-electron chi connectivity index (χ4n) is 2.39. The molecular weight excluding hydrogens is 278 g/mol. The van der Waals surface area contributed by atoms with Crippen molar-refractivity contribution in [3.8, 4) is 0 Å². The van der Waals surface area contributed by atoms with E-state index < -0.39 is 0 Å². The molecule has 3 nitrogen and oxygen atoms in total. The van der Waals surface area contributed by atoms with Gasteiger partial charge in [0.05, 0.1) is 0 Å². The van der Waals surface area contributed by atoms with Gasteiger partial charge in [-0.1, -0.05) is 20.8 Å². The van der Waals surface area contributed by atoms with E-state index in [0.717, 1.165) is 22.8 Å². The van der Waals surface area contributed by atoms with Crippen LogP contribution >= 0.6 is 15.9 Å². The van der Waals surface area contributed by atoms with Crippen molar-refractivity contribution in [2.24, 2.45) is 0 Å². The Balaban J connectivity index is 2.31. The first kappa shape index (κ1) is 12.8. The third-order valence-electron chi connectivity index (χ3n) is 3.36. The van der Waals surface area contributed by atoms with Crippen molar-refractivity contribution in [1.82, 2.24) is 9.97 Å². The van der Waals surface area contributed by atoms with Crippen molar-refractivity contribution in [3.05, 3.63) is 16.5 Å². The highest BCUT2D eigenvalue weighted by Crippen LogP contribution is 2.28. The van der Waals surface area contributed by atoms with Gasteiger partial charge in [0.2, 0.25) is 0 Å². The van der Waals surface area contributed by atoms with E-state index in [1.54, 1.807) is 0 Å². The molecule has 1 unspecified atom stereocenters. The maximum absolute atomic E-state index is 4.70. The molecule has 1 atom stereocenters. The van der Waals surface area contributed by atoms with Crippen molar-refractivity contribution >= 4 is 21.7 Å². The fraction of sp³-hybridized carbons (Fsp3) is 0.692. The molecule has 0 spiro atoms. The van der Waals surface area contributed by atoms with Gasteiger partial charge in [0.25, 0.3) is 0 Å². The van der Waals surface area contributed by atoms with Gasteiger partial charge < -0.3 is 4.90 Å². The highest BCUT2D eigenvalue weighted by Gasteiger charge is 2.24. The van der Waals surface area contributed by atoms with Crippen LogP contribution in [0.2, 0.25) is 0 Å². The zero-order valence-electron chi connectivity index (χ0n) is 10.8. The van der Waals surface area contributed by atoms with E-state index >= 15 is 0 Å². The molecule has 0 aliphatic carbocycles. The lowest BCUT2D eigenvalue weighted by Gasteiger charge is -2.25. The van der Waals surface area contributed by atoms with Crippen LogP contribution in [-0.2, 0) is 0 Å². The molecule has 1 aromatic rings. The van der Waals surface area contributed by atoms with Crippen LogP contribution in [0.5, 0.6) is 0 Å². The minimum absolute atomic E-state index is 0.369. The molecule has 0 radical (unpaired) electrons. The Morgan fingerprint density at radius 1 is 1.47 bits per heavy atom. The standard InChI is InChI=1S/C13H20BrN3/c1-4-10-6-5-7-17(10)12-8-11(14)15-13(16-12)9(2)3/h8-10H,4-7H2,1-3H3. The molecule has 17 heavy (non-hydrogen) atoms. The smallest absolute Gasteiger partial charge is 0.134 e. The minimum atomic E-state index is 0.369. The number of rotatable bonds is 3. The number of nitrogens with zero attached hydrogens (tertiary/aromatic N) is 3. The van der Waals surface area contributed by atoms with Crippen molar-refractivity contribution in [2.75, 3.05) is 11.4 Å². The van der Waals surface area contributed by atoms with Crippen LogP contribution < -0.4 is 4.90 Å². The van der Waals surface area contributed by atoms with Crippen LogP contribution in [0.1, 0.15) is 51.8 Å². The topological polar surface area (TPSA) is 29.0 Å². The maximum atomic E-state index is 4.70. The van der Waals surface area contributed by atoms with Crippen LogP contribution in [0.4, 0.5) is 5.82 Å². The van der Waals surface area contributed by atoms with Gasteiger partial charge in [0.15, 0.2) is 0 Å². The second-order valence-electron chi connectivity index (χ2n) is 4.96. The molecule has 0 bridgehead atoms. The predicted octanol–water partition coefficient (Wildman–Crippen LogP) is 3.74. The fourth-order valence-corrected chi connectivity index (χ4v) is 2.78. The largest absolute Gasteiger partial charge is 0.354 e. The van der Waals surface area contributed by atoms with Gasteiger partial charge in [0, 0.05) is 24.6 Å². The summed E-state index contributed by atoms with van der Waals surface area (Å²) in [6.07, 6.45) is 3.75. The monoisotopic (exact) mass is 297 g/mol. The van der Waals surface area contributed by atoms with Gasteiger partial charge in [-0.25, -0.2) is 9.97 Å². The molecule has 4 heteroatoms. The van der Waals surface area contributed by atoms with E-state index in [1.165, 1.54) is 19.3 Å². The first-order valence-electron chi connectivity index (χ1n) is 6.43. The summed E-state index contributed by atoms with van der Waals surface area (Å²) in [4.78, 5) is 11.6. The highest BCUT2D eigenvalue weighted by molar-refractivity contribution is 9.10. The van der Waals surface area contributed by atoms with E-state index in [-0.39, 0.29) is 0 Å². The Hall–Kier alpha value is -0.640. The Labute approximate surface area is 112 Å². The van der Waals surface area contributed by atoms with Gasteiger partial charge in [-0.15, -0.1) is 0 Å². The number of hydrogen-bond donors (Lipinski definition) is 0. The number of aromatic nitrogens is 2. The lowest BCUT2D eigenvalue weighted by atomic mass is 10.2. The van der Waals surface area contributed by atoms with Crippen molar-refractivity contribution in [3.63, 3.8) is 0 Å². The van der Waals surface area contributed by atoms with Crippen molar-refractivity contribution in [1.29, 1.82) is 0 Å². The third kappa shape index (κ3) is 2.79. The zero-order valence-corrected chi connectivity index (χ0v) is 12.4. The van der Waals surface area contributed by atoms with E-state index in [9.17, 15) is 0 Å². The van der Waals surface area contributed by atoms with Gasteiger partial charge in [-0.3, -0.25) is 0 Å². The number of hydrogen-bond acceptors (Lipinski definition) is 3. The van der Waals surface area contributed by atoms with Gasteiger partial charge in [-0.05, 0) is 35.2 Å². The van der Waals surface area contributed by atoms with E-state index in [0.29, 0.717) is 12.0 Å². The SMILES string of the molecule is CCC1CCCN1c1cc(Br)nc(C(C)C)n1. The summed E-state index contributed by atoms with van der Waals surface area (Å²) in [6, 6.07) is 2.69. The molecule has 0 N–H and O–H groups in total. The molecule has 1 saturated heterocycles. The Morgan fingerprint density at radius 2 is 2.24 bits per heavy atom. The van der Waals surface area contributed by atoms with E-state index in [2.05, 4.69) is 46.6 Å². The molecule has 2 rings (SSSR count). The van der Waals surface area contributed by atoms with Gasteiger partial charge in [-0.2, -0.15) is 0 Å². The molecule has 0 saturated carbocycles. The molecule has 94 valence electrons. The third-order valence-corrected chi connectivity index (χ3v) is 3.76. The van der Waals surface area contributed by atoms with E-state index in [4.69, 9.17) is 4.98 Å². The summed E-state index contributed by atoms with van der Waals surface area (Å²) in [7, 11) is 0. The summed E-state index contributed by atoms with van der Waals surface area (Å²) in [5.41, 5.74) is 0. The van der Waals surface area contributed by atoms with Crippen LogP contribution in [0.25, 0.3) is 0 Å². The Morgan fingerprint density at radius 3 is 2.88 bits per heavy atom. The van der Waals surface area contributed by atoms with Crippen molar-refractivity contribution in [2.45, 2.75) is 52.0 Å². The van der Waals surface area contributed by atoms with Gasteiger partial charge in [0.1, 0.15) is 16.2 Å². The van der Waals surface area contributed by atoms with Crippen LogP contribution in [-0.4, -0.2) is 22.6 Å². The van der Waals surface area contributed by atoms with Crippen molar-refractivity contribution < 1.29 is 0 Å². The first-order valence-corrected chi connectivity index (χ1v) is 7.22. The molecule has 1 aliphatic heterocycles. The number of halogens is 1. The maximum Gasteiger partial charge on any atom is 0.134 e. The summed E-state index contributed by atoms with van der Waals surface area (Å²) < 4.78 is 0.896. The molecule has 2 heterocycles. The average molecular weight is 298 g/mol. The number of anilines is 1. The lowest BCUT2D eigenvalue weighted by molar-refractivity contribution is 0.635. The molecular formula is C13H20BrN3. The van der Waals surface area contributed by atoms with Crippen LogP contribution in [0, 0.1) is 0 Å². The Kier molecular flexibility index (Phi) is 4.02. The predicted molar refractivity (Wildman–Crippen MR) is 74.5 cm³/mol. The lowest BCUT2D eigenvalue weighted by Crippen LogP contribution is -2.29. The quantitative estimate of drug-likeness (QED) is 0.796. The normalized spacial score (nSPS) is 20.3.